The number of hydrogen-bond acceptors (Lipinski definition) is 4. The largest absolute Gasteiger partial charge is 0.372 e. The van der Waals surface area contributed by atoms with Crippen molar-refractivity contribution in [1.82, 2.24) is 10.2 Å². The van der Waals surface area contributed by atoms with Crippen LogP contribution in [0.15, 0.2) is 29.1 Å². The van der Waals surface area contributed by atoms with Crippen molar-refractivity contribution in [1.29, 1.82) is 5.26 Å². The fourth-order valence-corrected chi connectivity index (χ4v) is 3.15. The van der Waals surface area contributed by atoms with E-state index < -0.39 is 5.56 Å². The molecule has 0 spiro atoms. The lowest BCUT2D eigenvalue weighted by Gasteiger charge is -2.22. The van der Waals surface area contributed by atoms with E-state index in [1.165, 1.54) is 31.4 Å². The molecule has 5 heteroatoms. The van der Waals surface area contributed by atoms with Crippen LogP contribution in [0.25, 0.3) is 12.2 Å². The topological polar surface area (TPSA) is 72.8 Å². The van der Waals surface area contributed by atoms with Crippen molar-refractivity contribution >= 4 is 17.8 Å². The van der Waals surface area contributed by atoms with Gasteiger partial charge in [-0.15, -0.1) is 0 Å². The van der Waals surface area contributed by atoms with Crippen molar-refractivity contribution in [3.05, 3.63) is 57.0 Å². The first kappa shape index (κ1) is 17.0. The zero-order valence-corrected chi connectivity index (χ0v) is 14.5. The molecule has 0 amide bonds. The summed E-state index contributed by atoms with van der Waals surface area (Å²) in [7, 11) is 0. The molecule has 1 aromatic carbocycles. The van der Waals surface area contributed by atoms with E-state index in [-0.39, 0.29) is 5.56 Å². The third-order valence-corrected chi connectivity index (χ3v) is 4.67. The maximum Gasteiger partial charge on any atom is 0.282 e. The van der Waals surface area contributed by atoms with Crippen molar-refractivity contribution in [2.45, 2.75) is 32.6 Å². The van der Waals surface area contributed by atoms with Crippen LogP contribution < -0.4 is 10.5 Å². The number of aromatic nitrogens is 2. The van der Waals surface area contributed by atoms with E-state index in [2.05, 4.69) is 39.4 Å². The molecule has 1 aliphatic heterocycles. The molecule has 25 heavy (non-hydrogen) atoms. The second kappa shape index (κ2) is 7.80. The molecule has 1 N–H and O–H groups in total. The molecule has 1 fully saturated rings. The number of H-pyrrole nitrogens is 1. The van der Waals surface area contributed by atoms with Gasteiger partial charge < -0.3 is 4.90 Å². The maximum atomic E-state index is 11.5. The van der Waals surface area contributed by atoms with Crippen molar-refractivity contribution in [2.75, 3.05) is 18.0 Å². The quantitative estimate of drug-likeness (QED) is 0.932. The molecule has 0 radical (unpaired) electrons. The molecule has 3 rings (SSSR count). The number of rotatable bonds is 3. The summed E-state index contributed by atoms with van der Waals surface area (Å²) in [4.78, 5) is 14.0. The van der Waals surface area contributed by atoms with Gasteiger partial charge in [0.25, 0.3) is 5.56 Å². The monoisotopic (exact) mass is 334 g/mol. The van der Waals surface area contributed by atoms with Crippen LogP contribution in [0.3, 0.4) is 0 Å². The number of nitrogens with zero attached hydrogens (tertiary/aromatic N) is 3. The van der Waals surface area contributed by atoms with Crippen molar-refractivity contribution < 1.29 is 0 Å². The Morgan fingerprint density at radius 1 is 1.12 bits per heavy atom. The van der Waals surface area contributed by atoms with Gasteiger partial charge in [0.15, 0.2) is 0 Å². The molecule has 0 saturated carbocycles. The van der Waals surface area contributed by atoms with E-state index >= 15 is 0 Å². The molecule has 5 nitrogen and oxygen atoms in total. The minimum atomic E-state index is -0.445. The maximum absolute atomic E-state index is 11.5. The molecular formula is C20H22N4O. The summed E-state index contributed by atoms with van der Waals surface area (Å²) < 4.78 is 0. The van der Waals surface area contributed by atoms with E-state index in [1.54, 1.807) is 6.92 Å². The highest BCUT2D eigenvalue weighted by atomic mass is 16.1. The highest BCUT2D eigenvalue weighted by Crippen LogP contribution is 2.21. The normalized spacial score (nSPS) is 15.1. The summed E-state index contributed by atoms with van der Waals surface area (Å²) in [6, 6.07) is 10.4. The SMILES string of the molecule is Cc1c(/C=C/c2ccc(N3CCCCCC3)cc2)n[nH]c(=O)c1C#N. The van der Waals surface area contributed by atoms with E-state index in [4.69, 9.17) is 5.26 Å². The van der Waals surface area contributed by atoms with Crippen LogP contribution >= 0.6 is 0 Å². The van der Waals surface area contributed by atoms with Crippen LogP contribution in [0.5, 0.6) is 0 Å². The summed E-state index contributed by atoms with van der Waals surface area (Å²) in [6.45, 7) is 4.00. The summed E-state index contributed by atoms with van der Waals surface area (Å²) in [5, 5.41) is 15.4. The van der Waals surface area contributed by atoms with Crippen LogP contribution in [0.4, 0.5) is 5.69 Å². The van der Waals surface area contributed by atoms with Crippen molar-refractivity contribution in [2.24, 2.45) is 0 Å². The zero-order valence-electron chi connectivity index (χ0n) is 14.5. The number of anilines is 1. The van der Waals surface area contributed by atoms with Crippen LogP contribution in [0.1, 0.15) is 48.1 Å². The van der Waals surface area contributed by atoms with Gasteiger partial charge in [0.1, 0.15) is 11.6 Å². The predicted octanol–water partition coefficient (Wildman–Crippen LogP) is 3.50. The minimum Gasteiger partial charge on any atom is -0.372 e. The number of hydrogen-bond donors (Lipinski definition) is 1. The summed E-state index contributed by atoms with van der Waals surface area (Å²) in [6.07, 6.45) is 8.95. The lowest BCUT2D eigenvalue weighted by atomic mass is 10.1. The van der Waals surface area contributed by atoms with Gasteiger partial charge in [-0.05, 0) is 49.1 Å². The fourth-order valence-electron chi connectivity index (χ4n) is 3.15. The molecule has 2 heterocycles. The molecule has 1 saturated heterocycles. The Balaban J connectivity index is 1.76. The lowest BCUT2D eigenvalue weighted by Crippen LogP contribution is -2.23. The van der Waals surface area contributed by atoms with Gasteiger partial charge in [-0.25, -0.2) is 5.10 Å². The Hall–Kier alpha value is -2.87. The smallest absolute Gasteiger partial charge is 0.282 e. The summed E-state index contributed by atoms with van der Waals surface area (Å²) in [5.41, 5.74) is 3.20. The Bertz CT molecular complexity index is 851. The van der Waals surface area contributed by atoms with Crippen LogP contribution in [-0.2, 0) is 0 Å². The van der Waals surface area contributed by atoms with Gasteiger partial charge in [0.2, 0.25) is 0 Å². The van der Waals surface area contributed by atoms with Crippen LogP contribution in [-0.4, -0.2) is 23.3 Å². The third-order valence-electron chi connectivity index (χ3n) is 4.67. The van der Waals surface area contributed by atoms with E-state index in [9.17, 15) is 4.79 Å². The van der Waals surface area contributed by atoms with Gasteiger partial charge >= 0.3 is 0 Å². The zero-order chi connectivity index (χ0) is 17.6. The second-order valence-corrected chi connectivity index (χ2v) is 6.38. The molecular weight excluding hydrogens is 312 g/mol. The standard InChI is InChI=1S/C20H22N4O/c1-15-18(14-21)20(25)23-22-19(15)11-8-16-6-9-17(10-7-16)24-12-4-2-3-5-13-24/h6-11H,2-5,12-13H2,1H3,(H,23,25)/b11-8+. The molecule has 1 aromatic heterocycles. The molecule has 0 aliphatic carbocycles. The number of aromatic amines is 1. The first-order valence-electron chi connectivity index (χ1n) is 8.71. The molecule has 128 valence electrons. The highest BCUT2D eigenvalue weighted by molar-refractivity contribution is 5.70. The van der Waals surface area contributed by atoms with Crippen LogP contribution in [0.2, 0.25) is 0 Å². The summed E-state index contributed by atoms with van der Waals surface area (Å²) >= 11 is 0. The lowest BCUT2D eigenvalue weighted by molar-refractivity contribution is 0.726. The van der Waals surface area contributed by atoms with Gasteiger partial charge in [-0.2, -0.15) is 10.4 Å². The van der Waals surface area contributed by atoms with Gasteiger partial charge in [-0.1, -0.05) is 31.1 Å². The van der Waals surface area contributed by atoms with Crippen molar-refractivity contribution in [3.8, 4) is 6.07 Å². The second-order valence-electron chi connectivity index (χ2n) is 6.38. The van der Waals surface area contributed by atoms with Crippen molar-refractivity contribution in [3.63, 3.8) is 0 Å². The highest BCUT2D eigenvalue weighted by Gasteiger charge is 2.10. The molecule has 1 aliphatic rings. The van der Waals surface area contributed by atoms with E-state index in [0.717, 1.165) is 18.7 Å². The average molecular weight is 334 g/mol. The Labute approximate surface area is 147 Å². The Morgan fingerprint density at radius 2 is 1.80 bits per heavy atom. The number of nitriles is 1. The summed E-state index contributed by atoms with van der Waals surface area (Å²) in [5.74, 6) is 0. The van der Waals surface area contributed by atoms with Gasteiger partial charge in [-0.3, -0.25) is 4.79 Å². The molecule has 0 unspecified atom stereocenters. The average Bonchev–Trinajstić information content (AvgIpc) is 2.91. The predicted molar refractivity (Wildman–Crippen MR) is 100 cm³/mol. The van der Waals surface area contributed by atoms with Gasteiger partial charge in [0.05, 0.1) is 5.69 Å². The first-order valence-corrected chi connectivity index (χ1v) is 8.71. The molecule has 0 bridgehead atoms. The Kier molecular flexibility index (Phi) is 5.30. The van der Waals surface area contributed by atoms with Gasteiger partial charge in [0, 0.05) is 18.8 Å². The van der Waals surface area contributed by atoms with E-state index in [0.29, 0.717) is 11.3 Å². The molecule has 0 atom stereocenters. The van der Waals surface area contributed by atoms with E-state index in [1.807, 2.05) is 18.2 Å². The molecule has 2 aromatic rings. The minimum absolute atomic E-state index is 0.117. The number of nitrogens with one attached hydrogen (secondary N) is 1. The third kappa shape index (κ3) is 3.97. The first-order chi connectivity index (χ1) is 12.2. The number of benzene rings is 1. The van der Waals surface area contributed by atoms with Crippen LogP contribution in [0, 0.1) is 18.3 Å². The Morgan fingerprint density at radius 3 is 2.44 bits per heavy atom. The fraction of sp³-hybridized carbons (Fsp3) is 0.350.